The van der Waals surface area contributed by atoms with Crippen LogP contribution in [0.1, 0.15) is 56.1 Å². The minimum Gasteiger partial charge on any atom is -0.489 e. The first-order chi connectivity index (χ1) is 14.3. The SMILES string of the molecule is Fc1ccc(COc2ccc3ccccc3c2CNC2CCCCCCC2)cc1. The zero-order chi connectivity index (χ0) is 19.9. The first-order valence-corrected chi connectivity index (χ1v) is 10.9. The normalized spacial score (nSPS) is 15.8. The Morgan fingerprint density at radius 3 is 2.34 bits per heavy atom. The maximum atomic E-state index is 13.2. The van der Waals surface area contributed by atoms with E-state index in [2.05, 4.69) is 41.7 Å². The van der Waals surface area contributed by atoms with Crippen molar-refractivity contribution in [2.24, 2.45) is 0 Å². The van der Waals surface area contributed by atoms with Crippen LogP contribution in [0.15, 0.2) is 60.7 Å². The van der Waals surface area contributed by atoms with Crippen LogP contribution >= 0.6 is 0 Å². The lowest BCUT2D eigenvalue weighted by Gasteiger charge is -2.22. The summed E-state index contributed by atoms with van der Waals surface area (Å²) in [7, 11) is 0. The summed E-state index contributed by atoms with van der Waals surface area (Å²) in [5.41, 5.74) is 2.19. The van der Waals surface area contributed by atoms with Gasteiger partial charge in [0.25, 0.3) is 0 Å². The number of hydrogen-bond acceptors (Lipinski definition) is 2. The van der Waals surface area contributed by atoms with E-state index in [0.717, 1.165) is 17.9 Å². The monoisotopic (exact) mass is 391 g/mol. The van der Waals surface area contributed by atoms with Crippen LogP contribution in [0.25, 0.3) is 10.8 Å². The molecule has 0 atom stereocenters. The van der Waals surface area contributed by atoms with Crippen molar-refractivity contribution >= 4 is 10.8 Å². The summed E-state index contributed by atoms with van der Waals surface area (Å²) < 4.78 is 19.4. The topological polar surface area (TPSA) is 21.3 Å². The van der Waals surface area contributed by atoms with Crippen molar-refractivity contribution < 1.29 is 9.13 Å². The molecule has 0 radical (unpaired) electrons. The van der Waals surface area contributed by atoms with Gasteiger partial charge in [0.1, 0.15) is 18.2 Å². The third kappa shape index (κ3) is 5.36. The van der Waals surface area contributed by atoms with Gasteiger partial charge in [-0.25, -0.2) is 4.39 Å². The van der Waals surface area contributed by atoms with Crippen molar-refractivity contribution in [2.45, 2.75) is 64.1 Å². The van der Waals surface area contributed by atoms with Crippen LogP contribution in [0.5, 0.6) is 5.75 Å². The fourth-order valence-corrected chi connectivity index (χ4v) is 4.28. The average Bonchev–Trinajstić information content (AvgIpc) is 2.73. The van der Waals surface area contributed by atoms with E-state index in [0.29, 0.717) is 12.6 Å². The van der Waals surface area contributed by atoms with Gasteiger partial charge < -0.3 is 10.1 Å². The van der Waals surface area contributed by atoms with Gasteiger partial charge in [0.05, 0.1) is 0 Å². The second-order valence-electron chi connectivity index (χ2n) is 8.10. The van der Waals surface area contributed by atoms with E-state index in [1.807, 2.05) is 0 Å². The van der Waals surface area contributed by atoms with Crippen molar-refractivity contribution in [1.29, 1.82) is 0 Å². The molecule has 0 heterocycles. The lowest BCUT2D eigenvalue weighted by Crippen LogP contribution is -2.29. The molecule has 0 bridgehead atoms. The Hall–Kier alpha value is -2.39. The maximum Gasteiger partial charge on any atom is 0.124 e. The largest absolute Gasteiger partial charge is 0.489 e. The molecule has 1 aliphatic rings. The van der Waals surface area contributed by atoms with Crippen LogP contribution in [0.3, 0.4) is 0 Å². The van der Waals surface area contributed by atoms with Gasteiger partial charge in [-0.3, -0.25) is 0 Å². The Labute approximate surface area is 173 Å². The highest BCUT2D eigenvalue weighted by molar-refractivity contribution is 5.87. The second-order valence-corrected chi connectivity index (χ2v) is 8.10. The van der Waals surface area contributed by atoms with Gasteiger partial charge in [0.15, 0.2) is 0 Å². The van der Waals surface area contributed by atoms with E-state index >= 15 is 0 Å². The summed E-state index contributed by atoms with van der Waals surface area (Å²) in [5.74, 6) is 0.690. The Morgan fingerprint density at radius 1 is 0.828 bits per heavy atom. The molecule has 0 amide bonds. The summed E-state index contributed by atoms with van der Waals surface area (Å²) in [4.78, 5) is 0. The van der Waals surface area contributed by atoms with Crippen LogP contribution in [0.4, 0.5) is 4.39 Å². The van der Waals surface area contributed by atoms with Crippen LogP contribution in [-0.2, 0) is 13.2 Å². The highest BCUT2D eigenvalue weighted by Gasteiger charge is 2.14. The Morgan fingerprint density at radius 2 is 1.55 bits per heavy atom. The molecule has 1 N–H and O–H groups in total. The van der Waals surface area contributed by atoms with Crippen LogP contribution in [0.2, 0.25) is 0 Å². The fraction of sp³-hybridized carbons (Fsp3) is 0.385. The third-order valence-electron chi connectivity index (χ3n) is 5.98. The molecule has 0 spiro atoms. The van der Waals surface area contributed by atoms with E-state index in [1.165, 1.54) is 73.4 Å². The Kier molecular flexibility index (Phi) is 6.79. The number of hydrogen-bond donors (Lipinski definition) is 1. The van der Waals surface area contributed by atoms with Crippen LogP contribution in [-0.4, -0.2) is 6.04 Å². The second kappa shape index (κ2) is 9.89. The molecule has 3 heteroatoms. The molecular formula is C26H30FNO. The molecule has 0 aliphatic heterocycles. The van der Waals surface area contributed by atoms with E-state index in [1.54, 1.807) is 12.1 Å². The minimum absolute atomic E-state index is 0.219. The standard InChI is InChI=1S/C26H30FNO/c27-22-15-12-20(13-16-22)19-29-26-17-14-21-8-6-7-11-24(21)25(26)18-28-23-9-4-2-1-3-5-10-23/h6-8,11-17,23,28H,1-5,9-10,18-19H2. The van der Waals surface area contributed by atoms with Gasteiger partial charge in [-0.15, -0.1) is 0 Å². The third-order valence-corrected chi connectivity index (χ3v) is 5.98. The molecule has 1 aliphatic carbocycles. The summed E-state index contributed by atoms with van der Waals surface area (Å²) in [6, 6.07) is 19.8. The summed E-state index contributed by atoms with van der Waals surface area (Å²) in [6.45, 7) is 1.25. The quantitative estimate of drug-likeness (QED) is 0.501. The van der Waals surface area contributed by atoms with Crippen LogP contribution < -0.4 is 10.1 Å². The van der Waals surface area contributed by atoms with Gasteiger partial charge in [-0.1, -0.05) is 74.6 Å². The zero-order valence-corrected chi connectivity index (χ0v) is 17.0. The smallest absolute Gasteiger partial charge is 0.124 e. The lowest BCUT2D eigenvalue weighted by atomic mass is 9.96. The van der Waals surface area contributed by atoms with Gasteiger partial charge in [-0.05, 0) is 47.4 Å². The van der Waals surface area contributed by atoms with E-state index < -0.39 is 0 Å². The van der Waals surface area contributed by atoms with E-state index in [4.69, 9.17) is 4.74 Å². The van der Waals surface area contributed by atoms with Crippen molar-refractivity contribution in [3.8, 4) is 5.75 Å². The number of nitrogens with one attached hydrogen (secondary N) is 1. The first-order valence-electron chi connectivity index (χ1n) is 10.9. The number of rotatable bonds is 6. The molecule has 0 aromatic heterocycles. The molecule has 1 fully saturated rings. The summed E-state index contributed by atoms with van der Waals surface area (Å²) in [5, 5.41) is 6.29. The molecule has 152 valence electrons. The zero-order valence-electron chi connectivity index (χ0n) is 17.0. The highest BCUT2D eigenvalue weighted by Crippen LogP contribution is 2.29. The molecule has 29 heavy (non-hydrogen) atoms. The number of halogens is 1. The molecule has 2 nitrogen and oxygen atoms in total. The first kappa shape index (κ1) is 19.9. The number of benzene rings is 3. The molecule has 3 aromatic rings. The van der Waals surface area contributed by atoms with Crippen molar-refractivity contribution in [1.82, 2.24) is 5.32 Å². The maximum absolute atomic E-state index is 13.2. The molecule has 4 rings (SSSR count). The molecule has 0 saturated heterocycles. The number of fused-ring (bicyclic) bond motifs is 1. The minimum atomic E-state index is -0.219. The van der Waals surface area contributed by atoms with Crippen molar-refractivity contribution in [3.63, 3.8) is 0 Å². The summed E-state index contributed by atoms with van der Waals surface area (Å²) in [6.07, 6.45) is 9.27. The highest BCUT2D eigenvalue weighted by atomic mass is 19.1. The lowest BCUT2D eigenvalue weighted by molar-refractivity contribution is 0.301. The average molecular weight is 392 g/mol. The van der Waals surface area contributed by atoms with Crippen molar-refractivity contribution in [2.75, 3.05) is 0 Å². The van der Waals surface area contributed by atoms with E-state index in [9.17, 15) is 4.39 Å². The van der Waals surface area contributed by atoms with Gasteiger partial charge in [0.2, 0.25) is 0 Å². The summed E-state index contributed by atoms with van der Waals surface area (Å²) >= 11 is 0. The fourth-order valence-electron chi connectivity index (χ4n) is 4.28. The van der Waals surface area contributed by atoms with Gasteiger partial charge in [-0.2, -0.15) is 0 Å². The number of ether oxygens (including phenoxy) is 1. The van der Waals surface area contributed by atoms with Gasteiger partial charge in [0, 0.05) is 18.2 Å². The Bertz CT molecular complexity index is 914. The molecule has 0 unspecified atom stereocenters. The van der Waals surface area contributed by atoms with Gasteiger partial charge >= 0.3 is 0 Å². The van der Waals surface area contributed by atoms with Crippen molar-refractivity contribution in [3.05, 3.63) is 77.6 Å². The molecular weight excluding hydrogens is 361 g/mol. The predicted molar refractivity (Wildman–Crippen MR) is 118 cm³/mol. The van der Waals surface area contributed by atoms with Crippen LogP contribution in [0, 0.1) is 5.82 Å². The van der Waals surface area contributed by atoms with E-state index in [-0.39, 0.29) is 5.82 Å². The Balaban J connectivity index is 1.52. The predicted octanol–water partition coefficient (Wildman–Crippen LogP) is 6.76. The molecule has 3 aromatic carbocycles. The molecule has 1 saturated carbocycles.